The fraction of sp³-hybridized carbons (Fsp3) is 0.714. The quantitative estimate of drug-likeness (QED) is 0.642. The summed E-state index contributed by atoms with van der Waals surface area (Å²) in [5.41, 5.74) is 0. The minimum absolute atomic E-state index is 0.608. The molecule has 0 rings (SSSR count). The van der Waals surface area contributed by atoms with Gasteiger partial charge in [0.1, 0.15) is 0 Å². The third-order valence-electron chi connectivity index (χ3n) is 1.05. The average molecular weight is 206 g/mol. The Hall–Kier alpha value is -0.883. The number of hydrogen-bond acceptors (Lipinski definition) is 4. The van der Waals surface area contributed by atoms with Gasteiger partial charge in [-0.05, 0) is 19.6 Å². The number of carboxylic acids is 1. The predicted octanol–water partition coefficient (Wildman–Crippen LogP) is 0.200. The van der Waals surface area contributed by atoms with E-state index in [-0.39, 0.29) is 0 Å². The summed E-state index contributed by atoms with van der Waals surface area (Å²) in [7, 11) is -2.04. The summed E-state index contributed by atoms with van der Waals surface area (Å²) < 4.78 is 4.89. The SMILES string of the molecule is C[Si](C)(C)OC(=O)C(O)CC(=O)O. The van der Waals surface area contributed by atoms with Crippen molar-refractivity contribution in [3.8, 4) is 0 Å². The second kappa shape index (κ2) is 4.38. The predicted molar refractivity (Wildman–Crippen MR) is 47.7 cm³/mol. The Morgan fingerprint density at radius 3 is 2.15 bits per heavy atom. The van der Waals surface area contributed by atoms with E-state index >= 15 is 0 Å². The molecule has 76 valence electrons. The van der Waals surface area contributed by atoms with Crippen molar-refractivity contribution >= 4 is 20.3 Å². The second-order valence-electron chi connectivity index (χ2n) is 3.65. The molecule has 5 nitrogen and oxygen atoms in total. The number of carboxylic acid groups (broad SMARTS) is 1. The maximum absolute atomic E-state index is 11.0. The minimum Gasteiger partial charge on any atom is -0.518 e. The zero-order valence-electron chi connectivity index (χ0n) is 7.90. The van der Waals surface area contributed by atoms with Crippen molar-refractivity contribution in [2.75, 3.05) is 0 Å². The lowest BCUT2D eigenvalue weighted by molar-refractivity contribution is -0.151. The minimum atomic E-state index is -2.04. The fourth-order valence-electron chi connectivity index (χ4n) is 0.619. The molecule has 0 bridgehead atoms. The van der Waals surface area contributed by atoms with Crippen molar-refractivity contribution < 1.29 is 24.2 Å². The van der Waals surface area contributed by atoms with Crippen molar-refractivity contribution in [2.45, 2.75) is 32.2 Å². The summed E-state index contributed by atoms with van der Waals surface area (Å²) in [4.78, 5) is 21.1. The zero-order chi connectivity index (χ0) is 10.6. The standard InChI is InChI=1S/C7H14O5Si/c1-13(2,3)12-7(11)5(8)4-6(9)10/h5,8H,4H2,1-3H3,(H,9,10). The number of carbonyl (C=O) groups is 2. The van der Waals surface area contributed by atoms with Crippen molar-refractivity contribution in [1.29, 1.82) is 0 Å². The van der Waals surface area contributed by atoms with Gasteiger partial charge in [-0.1, -0.05) is 0 Å². The van der Waals surface area contributed by atoms with Crippen LogP contribution in [0.2, 0.25) is 19.6 Å². The van der Waals surface area contributed by atoms with E-state index in [1.807, 2.05) is 0 Å². The van der Waals surface area contributed by atoms with Crippen molar-refractivity contribution in [2.24, 2.45) is 0 Å². The lowest BCUT2D eigenvalue weighted by Gasteiger charge is -2.19. The Bertz CT molecular complexity index is 207. The van der Waals surface area contributed by atoms with Gasteiger partial charge in [0.2, 0.25) is 8.32 Å². The highest BCUT2D eigenvalue weighted by atomic mass is 28.4. The van der Waals surface area contributed by atoms with Gasteiger partial charge in [-0.3, -0.25) is 9.59 Å². The zero-order valence-corrected chi connectivity index (χ0v) is 8.90. The van der Waals surface area contributed by atoms with E-state index in [0.717, 1.165) is 0 Å². The lowest BCUT2D eigenvalue weighted by atomic mass is 10.3. The fourth-order valence-corrected chi connectivity index (χ4v) is 1.36. The number of aliphatic hydroxyl groups excluding tert-OH is 1. The van der Waals surface area contributed by atoms with Crippen molar-refractivity contribution in [3.05, 3.63) is 0 Å². The van der Waals surface area contributed by atoms with Crippen LogP contribution in [0.3, 0.4) is 0 Å². The van der Waals surface area contributed by atoms with Crippen LogP contribution in [-0.4, -0.2) is 36.6 Å². The molecule has 6 heteroatoms. The monoisotopic (exact) mass is 206 g/mol. The Kier molecular flexibility index (Phi) is 4.08. The van der Waals surface area contributed by atoms with Crippen LogP contribution in [0.5, 0.6) is 0 Å². The van der Waals surface area contributed by atoms with Crippen LogP contribution in [0.1, 0.15) is 6.42 Å². The third-order valence-corrected chi connectivity index (χ3v) is 1.86. The van der Waals surface area contributed by atoms with Crippen LogP contribution in [0.4, 0.5) is 0 Å². The molecule has 0 aromatic rings. The normalized spacial score (nSPS) is 13.5. The smallest absolute Gasteiger partial charge is 0.322 e. The van der Waals surface area contributed by atoms with Crippen LogP contribution >= 0.6 is 0 Å². The molecule has 0 heterocycles. The number of aliphatic hydroxyl groups is 1. The van der Waals surface area contributed by atoms with Crippen LogP contribution in [0, 0.1) is 0 Å². The van der Waals surface area contributed by atoms with E-state index in [4.69, 9.17) is 14.6 Å². The maximum atomic E-state index is 11.0. The van der Waals surface area contributed by atoms with Crippen LogP contribution in [-0.2, 0) is 14.0 Å². The van der Waals surface area contributed by atoms with E-state index in [1.54, 1.807) is 19.6 Å². The largest absolute Gasteiger partial charge is 0.518 e. The molecule has 0 spiro atoms. The number of hydrogen-bond donors (Lipinski definition) is 2. The Labute approximate surface area is 77.5 Å². The molecule has 0 amide bonds. The van der Waals surface area contributed by atoms with Gasteiger partial charge >= 0.3 is 11.9 Å². The van der Waals surface area contributed by atoms with Gasteiger partial charge in [0, 0.05) is 0 Å². The summed E-state index contributed by atoms with van der Waals surface area (Å²) in [5, 5.41) is 17.3. The molecule has 0 aromatic heterocycles. The second-order valence-corrected chi connectivity index (χ2v) is 8.08. The van der Waals surface area contributed by atoms with E-state index < -0.39 is 32.8 Å². The molecule has 13 heavy (non-hydrogen) atoms. The van der Waals surface area contributed by atoms with E-state index in [2.05, 4.69) is 0 Å². The lowest BCUT2D eigenvalue weighted by Crippen LogP contribution is -2.36. The van der Waals surface area contributed by atoms with Gasteiger partial charge in [-0.25, -0.2) is 0 Å². The van der Waals surface area contributed by atoms with E-state index in [0.29, 0.717) is 0 Å². The number of rotatable bonds is 4. The summed E-state index contributed by atoms with van der Waals surface area (Å²) in [6, 6.07) is 0. The molecular formula is C7H14O5Si. The average Bonchev–Trinajstić information content (AvgIpc) is 1.81. The molecule has 1 unspecified atom stereocenters. The first-order valence-corrected chi connectivity index (χ1v) is 7.26. The summed E-state index contributed by atoms with van der Waals surface area (Å²) in [6.45, 7) is 5.33. The van der Waals surface area contributed by atoms with Crippen LogP contribution in [0.15, 0.2) is 0 Å². The molecule has 0 fully saturated rings. The van der Waals surface area contributed by atoms with Crippen LogP contribution < -0.4 is 0 Å². The third kappa shape index (κ3) is 6.29. The first kappa shape index (κ1) is 12.1. The highest BCUT2D eigenvalue weighted by Crippen LogP contribution is 2.06. The molecule has 0 saturated carbocycles. The van der Waals surface area contributed by atoms with Gasteiger partial charge < -0.3 is 14.6 Å². The van der Waals surface area contributed by atoms with E-state index in [1.165, 1.54) is 0 Å². The van der Waals surface area contributed by atoms with Gasteiger partial charge in [-0.15, -0.1) is 0 Å². The Morgan fingerprint density at radius 1 is 1.38 bits per heavy atom. The summed E-state index contributed by atoms with van der Waals surface area (Å²) in [6.07, 6.45) is -2.16. The first-order chi connectivity index (χ1) is 5.72. The molecule has 0 saturated heterocycles. The molecule has 0 aromatic carbocycles. The number of aliphatic carboxylic acids is 1. The molecule has 0 aliphatic heterocycles. The Balaban J connectivity index is 4.05. The molecule has 0 aliphatic carbocycles. The molecular weight excluding hydrogens is 192 g/mol. The van der Waals surface area contributed by atoms with Gasteiger partial charge in [-0.2, -0.15) is 0 Å². The van der Waals surface area contributed by atoms with Gasteiger partial charge in [0.15, 0.2) is 6.10 Å². The van der Waals surface area contributed by atoms with Crippen LogP contribution in [0.25, 0.3) is 0 Å². The van der Waals surface area contributed by atoms with Gasteiger partial charge in [0.05, 0.1) is 6.42 Å². The molecule has 2 N–H and O–H groups in total. The van der Waals surface area contributed by atoms with Crippen molar-refractivity contribution in [3.63, 3.8) is 0 Å². The Morgan fingerprint density at radius 2 is 1.85 bits per heavy atom. The molecule has 0 aliphatic rings. The summed E-state index contributed by atoms with van der Waals surface area (Å²) >= 11 is 0. The van der Waals surface area contributed by atoms with Crippen molar-refractivity contribution in [1.82, 2.24) is 0 Å². The summed E-state index contributed by atoms with van der Waals surface area (Å²) in [5.74, 6) is -2.07. The number of carbonyl (C=O) groups excluding carboxylic acids is 1. The molecule has 1 atom stereocenters. The first-order valence-electron chi connectivity index (χ1n) is 3.85. The highest BCUT2D eigenvalue weighted by Gasteiger charge is 2.26. The maximum Gasteiger partial charge on any atom is 0.322 e. The molecule has 0 radical (unpaired) electrons. The highest BCUT2D eigenvalue weighted by molar-refractivity contribution is 6.71. The van der Waals surface area contributed by atoms with Gasteiger partial charge in [0.25, 0.3) is 0 Å². The van der Waals surface area contributed by atoms with E-state index in [9.17, 15) is 9.59 Å². The topological polar surface area (TPSA) is 83.8 Å².